The Morgan fingerprint density at radius 2 is 1.59 bits per heavy atom. The van der Waals surface area contributed by atoms with Crippen LogP contribution < -0.4 is 19.1 Å². The quantitative estimate of drug-likeness (QED) is 0.155. The van der Waals surface area contributed by atoms with Gasteiger partial charge >= 0.3 is 0 Å². The molecule has 9 nitrogen and oxygen atoms in total. The summed E-state index contributed by atoms with van der Waals surface area (Å²) in [6, 6.07) is 15.7. The van der Waals surface area contributed by atoms with Gasteiger partial charge in [0.25, 0.3) is 0 Å². The topological polar surface area (TPSA) is 93.1 Å². The Morgan fingerprint density at radius 1 is 0.909 bits per heavy atom. The average Bonchev–Trinajstić information content (AvgIpc) is 3.01. The van der Waals surface area contributed by atoms with Gasteiger partial charge in [0.1, 0.15) is 11.4 Å². The smallest absolute Gasteiger partial charge is 0.217 e. The number of rotatable bonds is 15. The number of pyridine rings is 3. The number of anilines is 1. The fourth-order valence-corrected chi connectivity index (χ4v) is 5.93. The molecule has 0 unspecified atom stereocenters. The maximum Gasteiger partial charge on any atom is 0.217 e. The van der Waals surface area contributed by atoms with E-state index in [1.807, 2.05) is 76.6 Å². The largest absolute Gasteiger partial charge is 0.481 e. The summed E-state index contributed by atoms with van der Waals surface area (Å²) in [6.07, 6.45) is 2.24. The molecule has 10 heteroatoms. The summed E-state index contributed by atoms with van der Waals surface area (Å²) in [4.78, 5) is 18.6. The summed E-state index contributed by atoms with van der Waals surface area (Å²) in [5.74, 6) is 1.46. The second-order valence-corrected chi connectivity index (χ2v) is 11.8. The van der Waals surface area contributed by atoms with Crippen LogP contribution in [0.25, 0.3) is 10.9 Å². The number of halogens is 1. The van der Waals surface area contributed by atoms with Crippen LogP contribution in [0.15, 0.2) is 59.2 Å². The number of benzene rings is 1. The van der Waals surface area contributed by atoms with Gasteiger partial charge in [-0.15, -0.1) is 0 Å². The van der Waals surface area contributed by atoms with E-state index in [2.05, 4.69) is 50.6 Å². The number of nitrogens with zero attached hydrogens (tertiary/aromatic N) is 5. The minimum Gasteiger partial charge on any atom is -0.481 e. The second kappa shape index (κ2) is 15.0. The van der Waals surface area contributed by atoms with Gasteiger partial charge in [-0.2, -0.15) is 4.98 Å². The van der Waals surface area contributed by atoms with E-state index in [1.54, 1.807) is 7.11 Å². The van der Waals surface area contributed by atoms with Gasteiger partial charge < -0.3 is 29.1 Å². The van der Waals surface area contributed by atoms with Crippen LogP contribution in [0, 0.1) is 0 Å². The molecule has 4 rings (SSSR count). The zero-order valence-electron chi connectivity index (χ0n) is 26.8. The van der Waals surface area contributed by atoms with Crippen LogP contribution in [0.2, 0.25) is 0 Å². The lowest BCUT2D eigenvalue weighted by Crippen LogP contribution is -2.38. The van der Waals surface area contributed by atoms with Crippen molar-refractivity contribution in [2.45, 2.75) is 45.6 Å². The average molecular weight is 667 g/mol. The molecule has 0 amide bonds. The van der Waals surface area contributed by atoms with Gasteiger partial charge in [-0.3, -0.25) is 0 Å². The zero-order chi connectivity index (χ0) is 31.9. The first kappa shape index (κ1) is 33.4. The van der Waals surface area contributed by atoms with Crippen molar-refractivity contribution < 1.29 is 19.3 Å². The first-order valence-electron chi connectivity index (χ1n) is 15.2. The number of fused-ring (bicyclic) bond motifs is 1. The van der Waals surface area contributed by atoms with Crippen molar-refractivity contribution in [3.8, 4) is 17.6 Å². The first-order chi connectivity index (χ1) is 21.2. The second-order valence-electron chi connectivity index (χ2n) is 10.9. The third-order valence-electron chi connectivity index (χ3n) is 7.75. The van der Waals surface area contributed by atoms with Gasteiger partial charge in [-0.05, 0) is 89.7 Å². The van der Waals surface area contributed by atoms with E-state index in [4.69, 9.17) is 24.2 Å². The Hall–Kier alpha value is -3.47. The molecule has 0 aliphatic heterocycles. The predicted molar refractivity (Wildman–Crippen MR) is 179 cm³/mol. The molecular formula is C34H44BrN5O4. The summed E-state index contributed by atoms with van der Waals surface area (Å²) in [6.45, 7) is 11.2. The van der Waals surface area contributed by atoms with Crippen LogP contribution in [0.3, 0.4) is 0 Å². The van der Waals surface area contributed by atoms with Gasteiger partial charge in [0.05, 0.1) is 25.8 Å². The summed E-state index contributed by atoms with van der Waals surface area (Å²) < 4.78 is 18.6. The lowest BCUT2D eigenvalue weighted by atomic mass is 9.72. The van der Waals surface area contributed by atoms with Crippen LogP contribution in [0.5, 0.6) is 17.6 Å². The summed E-state index contributed by atoms with van der Waals surface area (Å²) in [7, 11) is 5.60. The summed E-state index contributed by atoms with van der Waals surface area (Å²) >= 11 is 3.61. The zero-order valence-corrected chi connectivity index (χ0v) is 28.4. The molecule has 0 spiro atoms. The van der Waals surface area contributed by atoms with Crippen LogP contribution >= 0.6 is 15.9 Å². The first-order valence-corrected chi connectivity index (χ1v) is 16.0. The van der Waals surface area contributed by atoms with E-state index in [0.717, 1.165) is 45.4 Å². The molecule has 44 heavy (non-hydrogen) atoms. The van der Waals surface area contributed by atoms with Crippen molar-refractivity contribution in [3.63, 3.8) is 0 Å². The van der Waals surface area contributed by atoms with Crippen LogP contribution in [-0.2, 0) is 5.60 Å². The van der Waals surface area contributed by atoms with Gasteiger partial charge in [0.15, 0.2) is 0 Å². The molecule has 1 N–H and O–H groups in total. The number of hydrogen-bond donors (Lipinski definition) is 1. The van der Waals surface area contributed by atoms with Crippen molar-refractivity contribution in [2.75, 3.05) is 59.0 Å². The Labute approximate surface area is 269 Å². The van der Waals surface area contributed by atoms with E-state index in [-0.39, 0.29) is 0 Å². The molecule has 3 aromatic heterocycles. The fraction of sp³-hybridized carbons (Fsp3) is 0.441. The molecule has 2 atom stereocenters. The summed E-state index contributed by atoms with van der Waals surface area (Å²) in [5, 5.41) is 14.1. The third-order valence-corrected chi connectivity index (χ3v) is 8.24. The highest BCUT2D eigenvalue weighted by Crippen LogP contribution is 2.48. The highest BCUT2D eigenvalue weighted by molar-refractivity contribution is 9.10. The number of methoxy groups -OCH3 is 1. The van der Waals surface area contributed by atoms with Crippen molar-refractivity contribution in [1.29, 1.82) is 0 Å². The maximum absolute atomic E-state index is 13.2. The van der Waals surface area contributed by atoms with Gasteiger partial charge in [-0.1, -0.05) is 22.0 Å². The molecule has 4 aromatic rings. The predicted octanol–water partition coefficient (Wildman–Crippen LogP) is 6.41. The molecule has 3 heterocycles. The minimum atomic E-state index is -1.47. The van der Waals surface area contributed by atoms with Crippen molar-refractivity contribution in [3.05, 3.63) is 75.9 Å². The Balaban J connectivity index is 2.05. The van der Waals surface area contributed by atoms with Crippen molar-refractivity contribution >= 4 is 32.7 Å². The van der Waals surface area contributed by atoms with E-state index < -0.39 is 11.5 Å². The van der Waals surface area contributed by atoms with Gasteiger partial charge in [0, 0.05) is 59.3 Å². The lowest BCUT2D eigenvalue weighted by molar-refractivity contribution is 0.00314. The normalized spacial score (nSPS) is 13.5. The van der Waals surface area contributed by atoms with Crippen LogP contribution in [0.1, 0.15) is 56.7 Å². The van der Waals surface area contributed by atoms with E-state index in [0.29, 0.717) is 49.4 Å². The molecule has 0 saturated heterocycles. The lowest BCUT2D eigenvalue weighted by Gasteiger charge is -2.39. The SMILES string of the molecule is CCOc1cc([C@](O)(CCN(C)C)[C@H](c2ccc(N(CC)CC)nc2)c2cc3cc(Br)ccc3nc2OC)cc(OCC)n1. The summed E-state index contributed by atoms with van der Waals surface area (Å²) in [5.41, 5.74) is 1.50. The maximum atomic E-state index is 13.2. The van der Waals surface area contributed by atoms with Crippen molar-refractivity contribution in [1.82, 2.24) is 19.9 Å². The Morgan fingerprint density at radius 3 is 2.14 bits per heavy atom. The number of hydrogen-bond acceptors (Lipinski definition) is 9. The highest BCUT2D eigenvalue weighted by Gasteiger charge is 2.43. The molecule has 236 valence electrons. The van der Waals surface area contributed by atoms with Gasteiger partial charge in [-0.25, -0.2) is 9.97 Å². The van der Waals surface area contributed by atoms with E-state index in [1.165, 1.54) is 0 Å². The van der Waals surface area contributed by atoms with Gasteiger partial charge in [0.2, 0.25) is 17.6 Å². The van der Waals surface area contributed by atoms with E-state index in [9.17, 15) is 5.11 Å². The Bertz CT molecular complexity index is 1510. The van der Waals surface area contributed by atoms with Crippen LogP contribution in [-0.4, -0.2) is 79.0 Å². The number of aromatic nitrogens is 3. The number of aliphatic hydroxyl groups is 1. The fourth-order valence-electron chi connectivity index (χ4n) is 5.56. The van der Waals surface area contributed by atoms with Crippen LogP contribution in [0.4, 0.5) is 5.82 Å². The van der Waals surface area contributed by atoms with Crippen molar-refractivity contribution in [2.24, 2.45) is 0 Å². The Kier molecular flexibility index (Phi) is 11.4. The standard InChI is InChI=1S/C34H44BrN5O4/c1-8-40(9-2)29-15-12-23(22-36-29)32(27-19-24-18-26(35)13-14-28(24)37-33(27)42-7)34(41,16-17-39(5)6)25-20-30(43-10-3)38-31(21-25)44-11-4/h12-15,18-22,32,41H,8-11,16-17H2,1-7H3/t32-,34-/m1/s1. The molecule has 0 aliphatic carbocycles. The third kappa shape index (κ3) is 7.42. The molecular weight excluding hydrogens is 622 g/mol. The highest BCUT2D eigenvalue weighted by atomic mass is 79.9. The molecule has 0 fully saturated rings. The molecule has 0 saturated carbocycles. The monoisotopic (exact) mass is 665 g/mol. The van der Waals surface area contributed by atoms with E-state index >= 15 is 0 Å². The molecule has 0 radical (unpaired) electrons. The molecule has 0 bridgehead atoms. The minimum absolute atomic E-state index is 0.378. The molecule has 0 aliphatic rings. The number of ether oxygens (including phenoxy) is 3. The molecule has 1 aromatic carbocycles.